The third-order valence-corrected chi connectivity index (χ3v) is 2.80. The SMILES string of the molecule is COc1ccc(CCC(O)C(C)O)cc1Cl. The van der Waals surface area contributed by atoms with Crippen LogP contribution in [0.1, 0.15) is 18.9 Å². The maximum Gasteiger partial charge on any atom is 0.137 e. The van der Waals surface area contributed by atoms with E-state index in [-0.39, 0.29) is 0 Å². The fraction of sp³-hybridized carbons (Fsp3) is 0.500. The van der Waals surface area contributed by atoms with Crippen LogP contribution in [0.5, 0.6) is 5.75 Å². The van der Waals surface area contributed by atoms with Gasteiger partial charge in [0, 0.05) is 0 Å². The minimum Gasteiger partial charge on any atom is -0.495 e. The summed E-state index contributed by atoms with van der Waals surface area (Å²) in [6.45, 7) is 1.58. The van der Waals surface area contributed by atoms with Crippen molar-refractivity contribution in [1.82, 2.24) is 0 Å². The molecule has 1 aromatic rings. The molecule has 0 spiro atoms. The number of hydrogen-bond donors (Lipinski definition) is 2. The molecule has 0 fully saturated rings. The van der Waals surface area contributed by atoms with Crippen molar-refractivity contribution in [1.29, 1.82) is 0 Å². The first-order valence-electron chi connectivity index (χ1n) is 5.23. The molecule has 0 aromatic heterocycles. The van der Waals surface area contributed by atoms with Gasteiger partial charge in [0.15, 0.2) is 0 Å². The van der Waals surface area contributed by atoms with E-state index in [1.165, 1.54) is 0 Å². The number of rotatable bonds is 5. The summed E-state index contributed by atoms with van der Waals surface area (Å²) in [4.78, 5) is 0. The molecule has 2 unspecified atom stereocenters. The number of aryl methyl sites for hydroxylation is 1. The van der Waals surface area contributed by atoms with Gasteiger partial charge in [0.1, 0.15) is 5.75 Å². The Morgan fingerprint density at radius 1 is 1.38 bits per heavy atom. The van der Waals surface area contributed by atoms with Crippen molar-refractivity contribution in [2.45, 2.75) is 32.0 Å². The fourth-order valence-corrected chi connectivity index (χ4v) is 1.70. The lowest BCUT2D eigenvalue weighted by atomic mass is 10.0. The van der Waals surface area contributed by atoms with Gasteiger partial charge in [-0.05, 0) is 37.5 Å². The third kappa shape index (κ3) is 3.67. The molecule has 90 valence electrons. The van der Waals surface area contributed by atoms with Crippen molar-refractivity contribution in [3.8, 4) is 5.75 Å². The zero-order valence-electron chi connectivity index (χ0n) is 9.48. The highest BCUT2D eigenvalue weighted by Gasteiger charge is 2.11. The molecule has 0 radical (unpaired) electrons. The molecule has 0 bridgehead atoms. The molecular formula is C12H17ClO3. The molecule has 0 heterocycles. The van der Waals surface area contributed by atoms with E-state index >= 15 is 0 Å². The van der Waals surface area contributed by atoms with E-state index < -0.39 is 12.2 Å². The molecule has 16 heavy (non-hydrogen) atoms. The van der Waals surface area contributed by atoms with E-state index in [4.69, 9.17) is 21.4 Å². The van der Waals surface area contributed by atoms with Crippen LogP contribution in [0.4, 0.5) is 0 Å². The lowest BCUT2D eigenvalue weighted by Gasteiger charge is -2.13. The predicted molar refractivity (Wildman–Crippen MR) is 64.0 cm³/mol. The second-order valence-corrected chi connectivity index (χ2v) is 4.22. The van der Waals surface area contributed by atoms with E-state index in [9.17, 15) is 5.11 Å². The van der Waals surface area contributed by atoms with Crippen LogP contribution in [-0.2, 0) is 6.42 Å². The van der Waals surface area contributed by atoms with Crippen LogP contribution >= 0.6 is 11.6 Å². The quantitative estimate of drug-likeness (QED) is 0.833. The minimum absolute atomic E-state index is 0.514. The third-order valence-electron chi connectivity index (χ3n) is 2.50. The van der Waals surface area contributed by atoms with Gasteiger partial charge in [-0.15, -0.1) is 0 Å². The standard InChI is InChI=1S/C12H17ClO3/c1-8(14)11(15)5-3-9-4-6-12(16-2)10(13)7-9/h4,6-8,11,14-15H,3,5H2,1-2H3. The largest absolute Gasteiger partial charge is 0.495 e. The van der Waals surface area contributed by atoms with Gasteiger partial charge < -0.3 is 14.9 Å². The molecule has 0 amide bonds. The molecule has 2 N–H and O–H groups in total. The zero-order valence-corrected chi connectivity index (χ0v) is 10.2. The van der Waals surface area contributed by atoms with Crippen molar-refractivity contribution < 1.29 is 14.9 Å². The summed E-state index contributed by atoms with van der Waals surface area (Å²) in [5.41, 5.74) is 1.02. The van der Waals surface area contributed by atoms with Gasteiger partial charge in [0.25, 0.3) is 0 Å². The number of aliphatic hydroxyl groups excluding tert-OH is 2. The van der Waals surface area contributed by atoms with Gasteiger partial charge in [-0.1, -0.05) is 17.7 Å². The Balaban J connectivity index is 2.58. The fourth-order valence-electron chi connectivity index (χ4n) is 1.42. The molecule has 0 aliphatic heterocycles. The first-order valence-corrected chi connectivity index (χ1v) is 5.61. The molecule has 0 aliphatic carbocycles. The first-order chi connectivity index (χ1) is 7.54. The number of benzene rings is 1. The normalized spacial score (nSPS) is 14.6. The van der Waals surface area contributed by atoms with Crippen molar-refractivity contribution in [2.75, 3.05) is 7.11 Å². The minimum atomic E-state index is -0.700. The smallest absolute Gasteiger partial charge is 0.137 e. The van der Waals surface area contributed by atoms with Crippen molar-refractivity contribution in [3.63, 3.8) is 0 Å². The Bertz CT molecular complexity index is 339. The number of hydrogen-bond acceptors (Lipinski definition) is 3. The summed E-state index contributed by atoms with van der Waals surface area (Å²) in [5, 5.41) is 19.2. The summed E-state index contributed by atoms with van der Waals surface area (Å²) < 4.78 is 5.04. The Labute approximate surface area is 101 Å². The van der Waals surface area contributed by atoms with E-state index in [0.29, 0.717) is 23.6 Å². The summed E-state index contributed by atoms with van der Waals surface area (Å²) in [6.07, 6.45) is -0.203. The van der Waals surface area contributed by atoms with Crippen LogP contribution in [0, 0.1) is 0 Å². The van der Waals surface area contributed by atoms with E-state index in [1.54, 1.807) is 20.1 Å². The predicted octanol–water partition coefficient (Wildman–Crippen LogP) is 2.02. The van der Waals surface area contributed by atoms with E-state index in [1.807, 2.05) is 12.1 Å². The highest BCUT2D eigenvalue weighted by molar-refractivity contribution is 6.32. The van der Waals surface area contributed by atoms with Crippen molar-refractivity contribution >= 4 is 11.6 Å². The van der Waals surface area contributed by atoms with Crippen LogP contribution in [-0.4, -0.2) is 29.5 Å². The topological polar surface area (TPSA) is 49.7 Å². The molecule has 4 heteroatoms. The van der Waals surface area contributed by atoms with Gasteiger partial charge in [0.05, 0.1) is 24.3 Å². The average Bonchev–Trinajstić information content (AvgIpc) is 2.25. The van der Waals surface area contributed by atoms with E-state index in [0.717, 1.165) is 5.56 Å². The maximum atomic E-state index is 9.45. The average molecular weight is 245 g/mol. The summed E-state index contributed by atoms with van der Waals surface area (Å²) in [7, 11) is 1.57. The highest BCUT2D eigenvalue weighted by atomic mass is 35.5. The molecule has 2 atom stereocenters. The Morgan fingerprint density at radius 2 is 2.06 bits per heavy atom. The zero-order chi connectivity index (χ0) is 12.1. The summed E-state index contributed by atoms with van der Waals surface area (Å²) in [6, 6.07) is 5.51. The van der Waals surface area contributed by atoms with Gasteiger partial charge in [-0.25, -0.2) is 0 Å². The second-order valence-electron chi connectivity index (χ2n) is 3.82. The molecule has 1 rings (SSSR count). The number of ether oxygens (including phenoxy) is 1. The monoisotopic (exact) mass is 244 g/mol. The Hall–Kier alpha value is -0.770. The lowest BCUT2D eigenvalue weighted by Crippen LogP contribution is -2.22. The van der Waals surface area contributed by atoms with E-state index in [2.05, 4.69) is 0 Å². The maximum absolute atomic E-state index is 9.45. The first kappa shape index (κ1) is 13.3. The van der Waals surface area contributed by atoms with Gasteiger partial charge >= 0.3 is 0 Å². The van der Waals surface area contributed by atoms with Crippen LogP contribution in [0.15, 0.2) is 18.2 Å². The van der Waals surface area contributed by atoms with Crippen LogP contribution in [0.3, 0.4) is 0 Å². The molecule has 3 nitrogen and oxygen atoms in total. The molecular weight excluding hydrogens is 228 g/mol. The molecule has 1 aromatic carbocycles. The molecule has 0 saturated carbocycles. The Kier molecular flexibility index (Phi) is 5.06. The Morgan fingerprint density at radius 3 is 2.56 bits per heavy atom. The number of aliphatic hydroxyl groups is 2. The molecule has 0 saturated heterocycles. The lowest BCUT2D eigenvalue weighted by molar-refractivity contribution is 0.0265. The van der Waals surface area contributed by atoms with Crippen LogP contribution in [0.25, 0.3) is 0 Å². The van der Waals surface area contributed by atoms with Gasteiger partial charge in [-0.3, -0.25) is 0 Å². The van der Waals surface area contributed by atoms with Gasteiger partial charge in [0.2, 0.25) is 0 Å². The molecule has 0 aliphatic rings. The van der Waals surface area contributed by atoms with Crippen LogP contribution < -0.4 is 4.74 Å². The number of halogens is 1. The van der Waals surface area contributed by atoms with Crippen LogP contribution in [0.2, 0.25) is 5.02 Å². The second kappa shape index (κ2) is 6.09. The van der Waals surface area contributed by atoms with Crippen molar-refractivity contribution in [3.05, 3.63) is 28.8 Å². The number of methoxy groups -OCH3 is 1. The summed E-state index contributed by atoms with van der Waals surface area (Å²) in [5.74, 6) is 0.640. The van der Waals surface area contributed by atoms with Gasteiger partial charge in [-0.2, -0.15) is 0 Å². The van der Waals surface area contributed by atoms with Crippen molar-refractivity contribution in [2.24, 2.45) is 0 Å². The summed E-state index contributed by atoms with van der Waals surface area (Å²) >= 11 is 5.97. The highest BCUT2D eigenvalue weighted by Crippen LogP contribution is 2.25.